The Kier molecular flexibility index (Phi) is 5.35. The number of esters is 1. The van der Waals surface area contributed by atoms with Gasteiger partial charge in [0.1, 0.15) is 0 Å². The van der Waals surface area contributed by atoms with Gasteiger partial charge in [-0.15, -0.1) is 0 Å². The Balaban J connectivity index is 2.55. The molecule has 19 heavy (non-hydrogen) atoms. The maximum absolute atomic E-state index is 12.1. The van der Waals surface area contributed by atoms with Crippen LogP contribution in [0.3, 0.4) is 0 Å². The van der Waals surface area contributed by atoms with Crippen LogP contribution in [0.5, 0.6) is 0 Å². The molecule has 0 bridgehead atoms. The Morgan fingerprint density at radius 3 is 2.37 bits per heavy atom. The van der Waals surface area contributed by atoms with Gasteiger partial charge < -0.3 is 15.4 Å². The molecule has 0 aromatic rings. The van der Waals surface area contributed by atoms with Gasteiger partial charge in [0.05, 0.1) is 6.61 Å². The first-order chi connectivity index (χ1) is 8.78. The lowest BCUT2D eigenvalue weighted by atomic mass is 9.75. The summed E-state index contributed by atoms with van der Waals surface area (Å²) >= 11 is 0. The van der Waals surface area contributed by atoms with E-state index < -0.39 is 12.0 Å². The van der Waals surface area contributed by atoms with E-state index in [2.05, 4.69) is 13.8 Å². The summed E-state index contributed by atoms with van der Waals surface area (Å²) in [5, 5.41) is 0. The van der Waals surface area contributed by atoms with Gasteiger partial charge in [-0.1, -0.05) is 13.8 Å². The van der Waals surface area contributed by atoms with E-state index in [0.717, 1.165) is 25.7 Å². The van der Waals surface area contributed by atoms with Gasteiger partial charge in [-0.3, -0.25) is 4.79 Å². The van der Waals surface area contributed by atoms with Gasteiger partial charge >= 0.3 is 5.97 Å². The van der Waals surface area contributed by atoms with Gasteiger partial charge in [-0.25, -0.2) is 4.79 Å². The summed E-state index contributed by atoms with van der Waals surface area (Å²) in [6, 6.07) is -1.01. The van der Waals surface area contributed by atoms with Gasteiger partial charge in [0.15, 0.2) is 6.04 Å². The van der Waals surface area contributed by atoms with Crippen LogP contribution in [0, 0.1) is 5.41 Å². The first-order valence-corrected chi connectivity index (χ1v) is 6.97. The number of carbonyl (C=O) groups excluding carboxylic acids is 2. The molecule has 0 aromatic carbocycles. The van der Waals surface area contributed by atoms with E-state index in [0.29, 0.717) is 5.41 Å². The molecule has 5 nitrogen and oxygen atoms in total. The molecular weight excluding hydrogens is 244 g/mol. The van der Waals surface area contributed by atoms with E-state index >= 15 is 0 Å². The number of nitrogens with zero attached hydrogens (tertiary/aromatic N) is 1. The summed E-state index contributed by atoms with van der Waals surface area (Å²) in [6.07, 6.45) is 4.10. The molecule has 0 aliphatic heterocycles. The number of carbonyl (C=O) groups is 2. The number of nitrogens with two attached hydrogens (primary N) is 1. The van der Waals surface area contributed by atoms with Crippen LogP contribution in [0.4, 0.5) is 0 Å². The van der Waals surface area contributed by atoms with Crippen molar-refractivity contribution in [2.45, 2.75) is 58.5 Å². The molecule has 1 aliphatic rings. The molecule has 1 amide bonds. The predicted octanol–water partition coefficient (Wildman–Crippen LogP) is 1.30. The second kappa shape index (κ2) is 6.37. The molecule has 0 saturated heterocycles. The average Bonchev–Trinajstić information content (AvgIpc) is 2.36. The van der Waals surface area contributed by atoms with Crippen LogP contribution in [0.15, 0.2) is 0 Å². The van der Waals surface area contributed by atoms with E-state index in [1.54, 1.807) is 18.9 Å². The normalized spacial score (nSPS) is 20.7. The molecule has 1 saturated carbocycles. The fourth-order valence-corrected chi connectivity index (χ4v) is 2.50. The van der Waals surface area contributed by atoms with Crippen LogP contribution in [0.1, 0.15) is 46.5 Å². The van der Waals surface area contributed by atoms with Gasteiger partial charge in [0.2, 0.25) is 0 Å². The molecule has 0 heterocycles. The molecule has 1 aliphatic carbocycles. The monoisotopic (exact) mass is 270 g/mol. The SMILES string of the molecule is CCOC(=O)C(N)C(=O)N(C)C1CCC(C)(C)CC1. The third-order valence-electron chi connectivity index (χ3n) is 4.01. The largest absolute Gasteiger partial charge is 0.464 e. The number of likely N-dealkylation sites (N-methyl/N-ethyl adjacent to an activating group) is 1. The Labute approximate surface area is 115 Å². The van der Waals surface area contributed by atoms with Crippen LogP contribution in [-0.4, -0.2) is 42.5 Å². The minimum atomic E-state index is -1.19. The Morgan fingerprint density at radius 2 is 1.89 bits per heavy atom. The highest BCUT2D eigenvalue weighted by Gasteiger charge is 2.34. The van der Waals surface area contributed by atoms with Crippen molar-refractivity contribution in [3.8, 4) is 0 Å². The maximum Gasteiger partial charge on any atom is 0.332 e. The maximum atomic E-state index is 12.1. The van der Waals surface area contributed by atoms with Gasteiger partial charge in [-0.2, -0.15) is 0 Å². The average molecular weight is 270 g/mol. The van der Waals surface area contributed by atoms with E-state index in [9.17, 15) is 9.59 Å². The molecule has 1 unspecified atom stereocenters. The molecule has 0 spiro atoms. The molecule has 1 rings (SSSR count). The molecule has 5 heteroatoms. The fraction of sp³-hybridized carbons (Fsp3) is 0.857. The number of ether oxygens (including phenoxy) is 1. The number of hydrogen-bond donors (Lipinski definition) is 1. The van der Waals surface area contributed by atoms with E-state index in [1.165, 1.54) is 0 Å². The van der Waals surface area contributed by atoms with Gasteiger partial charge in [0.25, 0.3) is 5.91 Å². The smallest absolute Gasteiger partial charge is 0.332 e. The van der Waals surface area contributed by atoms with Crippen LogP contribution < -0.4 is 5.73 Å². The Bertz CT molecular complexity index is 332. The zero-order valence-corrected chi connectivity index (χ0v) is 12.4. The quantitative estimate of drug-likeness (QED) is 0.617. The molecular formula is C14H26N2O3. The first-order valence-electron chi connectivity index (χ1n) is 6.97. The molecule has 0 aromatic heterocycles. The van der Waals surface area contributed by atoms with E-state index in [1.807, 2.05) is 0 Å². The van der Waals surface area contributed by atoms with Crippen LogP contribution in [-0.2, 0) is 14.3 Å². The zero-order chi connectivity index (χ0) is 14.6. The van der Waals surface area contributed by atoms with Crippen molar-refractivity contribution in [1.29, 1.82) is 0 Å². The Morgan fingerprint density at radius 1 is 1.37 bits per heavy atom. The lowest BCUT2D eigenvalue weighted by molar-refractivity contribution is -0.151. The number of hydrogen-bond acceptors (Lipinski definition) is 4. The lowest BCUT2D eigenvalue weighted by Crippen LogP contribution is -2.51. The summed E-state index contributed by atoms with van der Waals surface area (Å²) in [4.78, 5) is 25.2. The minimum Gasteiger partial charge on any atom is -0.464 e. The molecule has 1 fully saturated rings. The summed E-state index contributed by atoms with van der Waals surface area (Å²) in [5.41, 5.74) is 5.99. The van der Waals surface area contributed by atoms with Crippen LogP contribution in [0.2, 0.25) is 0 Å². The van der Waals surface area contributed by atoms with E-state index in [4.69, 9.17) is 10.5 Å². The third kappa shape index (κ3) is 4.20. The van der Waals surface area contributed by atoms with Crippen LogP contribution >= 0.6 is 0 Å². The minimum absolute atomic E-state index is 0.181. The molecule has 0 radical (unpaired) electrons. The van der Waals surface area contributed by atoms with Crippen LogP contribution in [0.25, 0.3) is 0 Å². The number of rotatable bonds is 4. The fourth-order valence-electron chi connectivity index (χ4n) is 2.50. The standard InChI is InChI=1S/C14H26N2O3/c1-5-19-13(18)11(15)12(17)16(4)10-6-8-14(2,3)9-7-10/h10-11H,5-9,15H2,1-4H3. The highest BCUT2D eigenvalue weighted by atomic mass is 16.5. The second-order valence-electron chi connectivity index (χ2n) is 6.07. The lowest BCUT2D eigenvalue weighted by Gasteiger charge is -2.39. The summed E-state index contributed by atoms with van der Waals surface area (Å²) in [7, 11) is 1.73. The summed E-state index contributed by atoms with van der Waals surface area (Å²) < 4.78 is 4.78. The molecule has 110 valence electrons. The Hall–Kier alpha value is -1.10. The van der Waals surface area contributed by atoms with E-state index in [-0.39, 0.29) is 18.6 Å². The molecule has 2 N–H and O–H groups in total. The van der Waals surface area contributed by atoms with Crippen molar-refractivity contribution in [3.05, 3.63) is 0 Å². The van der Waals surface area contributed by atoms with Gasteiger partial charge in [-0.05, 0) is 38.0 Å². The first kappa shape index (κ1) is 16.0. The van der Waals surface area contributed by atoms with Crippen molar-refractivity contribution in [1.82, 2.24) is 4.90 Å². The second-order valence-corrected chi connectivity index (χ2v) is 6.07. The highest BCUT2D eigenvalue weighted by Crippen LogP contribution is 2.36. The van der Waals surface area contributed by atoms with Gasteiger partial charge in [0, 0.05) is 13.1 Å². The topological polar surface area (TPSA) is 72.6 Å². The van der Waals surface area contributed by atoms with Crippen molar-refractivity contribution in [2.75, 3.05) is 13.7 Å². The third-order valence-corrected chi connectivity index (χ3v) is 4.01. The van der Waals surface area contributed by atoms with Crippen molar-refractivity contribution >= 4 is 11.9 Å². The van der Waals surface area contributed by atoms with Crippen molar-refractivity contribution in [3.63, 3.8) is 0 Å². The predicted molar refractivity (Wildman–Crippen MR) is 73.4 cm³/mol. The number of amides is 1. The van der Waals surface area contributed by atoms with Crippen molar-refractivity contribution in [2.24, 2.45) is 11.1 Å². The summed E-state index contributed by atoms with van der Waals surface area (Å²) in [6.45, 7) is 6.42. The highest BCUT2D eigenvalue weighted by molar-refractivity contribution is 6.01. The molecule has 1 atom stereocenters. The van der Waals surface area contributed by atoms with Crippen molar-refractivity contribution < 1.29 is 14.3 Å². The zero-order valence-electron chi connectivity index (χ0n) is 12.4. The summed E-state index contributed by atoms with van der Waals surface area (Å²) in [5.74, 6) is -0.987.